The quantitative estimate of drug-likeness (QED) is 0.715. The van der Waals surface area contributed by atoms with Gasteiger partial charge in [0.05, 0.1) is 7.36 Å². The molecule has 0 saturated carbocycles. The Morgan fingerprint density at radius 1 is 1.21 bits per heavy atom. The lowest BCUT2D eigenvalue weighted by Crippen LogP contribution is -2.10. The van der Waals surface area contributed by atoms with Crippen LogP contribution in [0.2, 0.25) is 0 Å². The van der Waals surface area contributed by atoms with Crippen LogP contribution in [0.1, 0.15) is 36.7 Å². The van der Waals surface area contributed by atoms with Crippen molar-refractivity contribution in [2.75, 3.05) is 0 Å². The molecule has 0 heterocycles. The van der Waals surface area contributed by atoms with Crippen molar-refractivity contribution < 1.29 is 4.79 Å². The molecular weight excluding hydrogens is 211 g/mol. The van der Waals surface area contributed by atoms with Crippen LogP contribution in [0, 0.1) is 0 Å². The van der Waals surface area contributed by atoms with Crippen molar-refractivity contribution in [1.29, 1.82) is 0 Å². The zero-order chi connectivity index (χ0) is 10.8. The number of hydrogen-bond acceptors (Lipinski definition) is 2. The Bertz CT molecular complexity index is 349. The van der Waals surface area contributed by atoms with Crippen molar-refractivity contribution in [2.45, 2.75) is 26.2 Å². The average molecular weight is 224 g/mol. The first-order valence-corrected chi connectivity index (χ1v) is 6.34. The predicted molar refractivity (Wildman–Crippen MR) is 63.8 cm³/mol. The second-order valence-electron chi connectivity index (χ2n) is 4.22. The zero-order valence-corrected chi connectivity index (χ0v) is 10.3. The fraction of sp³-hybridized carbons (Fsp3) is 0.364. The van der Waals surface area contributed by atoms with Crippen molar-refractivity contribution in [3.8, 4) is 0 Å². The highest BCUT2D eigenvalue weighted by atomic mass is 32.4. The average Bonchev–Trinajstić information content (AvgIpc) is 2.15. The van der Waals surface area contributed by atoms with Crippen LogP contribution in [0.15, 0.2) is 24.3 Å². The molecule has 0 fully saturated rings. The monoisotopic (exact) mass is 224 g/mol. The van der Waals surface area contributed by atoms with E-state index in [-0.39, 0.29) is 10.9 Å². The van der Waals surface area contributed by atoms with Gasteiger partial charge in [-0.3, -0.25) is 4.79 Å². The van der Waals surface area contributed by atoms with Gasteiger partial charge in [0, 0.05) is 5.56 Å². The molecule has 0 aromatic heterocycles. The maximum Gasteiger partial charge on any atom is 0.222 e. The van der Waals surface area contributed by atoms with Gasteiger partial charge < -0.3 is 0 Å². The van der Waals surface area contributed by atoms with Gasteiger partial charge in [0.15, 0.2) is 0 Å². The lowest BCUT2D eigenvalue weighted by atomic mass is 9.87. The van der Waals surface area contributed by atoms with Crippen LogP contribution < -0.4 is 0 Å². The molecule has 0 spiro atoms. The minimum atomic E-state index is 0.000425. The fourth-order valence-electron chi connectivity index (χ4n) is 1.17. The fourth-order valence-corrected chi connectivity index (χ4v) is 1.74. The largest absolute Gasteiger partial charge is 0.283 e. The number of benzene rings is 1. The molecule has 1 nitrogen and oxygen atoms in total. The lowest BCUT2D eigenvalue weighted by molar-refractivity contribution is 0.108. The molecular formula is C11H13OPS. The third kappa shape index (κ3) is 2.70. The van der Waals surface area contributed by atoms with Crippen molar-refractivity contribution in [2.24, 2.45) is 0 Å². The first-order chi connectivity index (χ1) is 6.45. The van der Waals surface area contributed by atoms with Crippen LogP contribution in [0.4, 0.5) is 0 Å². The second-order valence-corrected chi connectivity index (χ2v) is 5.36. The summed E-state index contributed by atoms with van der Waals surface area (Å²) in [6.07, 6.45) is 0. The van der Waals surface area contributed by atoms with Crippen LogP contribution in [0.5, 0.6) is 0 Å². The highest BCUT2D eigenvalue weighted by Gasteiger charge is 2.13. The predicted octanol–water partition coefficient (Wildman–Crippen LogP) is 3.53. The van der Waals surface area contributed by atoms with Gasteiger partial charge in [-0.2, -0.15) is 0 Å². The molecule has 1 aromatic rings. The van der Waals surface area contributed by atoms with Gasteiger partial charge in [-0.1, -0.05) is 45.0 Å². The Balaban J connectivity index is 3.00. The normalized spacial score (nSPS) is 11.6. The van der Waals surface area contributed by atoms with Crippen molar-refractivity contribution in [3.63, 3.8) is 0 Å². The molecule has 0 amide bonds. The van der Waals surface area contributed by atoms with Crippen LogP contribution in [-0.2, 0) is 17.2 Å². The molecule has 0 aliphatic carbocycles. The maximum atomic E-state index is 11.3. The minimum absolute atomic E-state index is 0.000425. The maximum absolute atomic E-state index is 11.3. The van der Waals surface area contributed by atoms with Gasteiger partial charge in [0.25, 0.3) is 0 Å². The molecule has 0 N–H and O–H groups in total. The SMILES string of the molecule is CC(C)(C)c1ccc(C(=O)P=S)cc1. The highest BCUT2D eigenvalue weighted by molar-refractivity contribution is 8.03. The first-order valence-electron chi connectivity index (χ1n) is 4.43. The smallest absolute Gasteiger partial charge is 0.222 e. The summed E-state index contributed by atoms with van der Waals surface area (Å²) in [5, 5.41) is 0. The van der Waals surface area contributed by atoms with Gasteiger partial charge in [0.2, 0.25) is 5.52 Å². The van der Waals surface area contributed by atoms with E-state index in [9.17, 15) is 4.79 Å². The third-order valence-corrected chi connectivity index (χ3v) is 3.00. The number of hydrogen-bond donors (Lipinski definition) is 0. The van der Waals surface area contributed by atoms with Crippen LogP contribution in [-0.4, -0.2) is 5.52 Å². The van der Waals surface area contributed by atoms with Crippen molar-refractivity contribution >= 4 is 24.7 Å². The Kier molecular flexibility index (Phi) is 3.52. The van der Waals surface area contributed by atoms with E-state index < -0.39 is 0 Å². The first kappa shape index (κ1) is 11.5. The summed E-state index contributed by atoms with van der Waals surface area (Å²) in [6, 6.07) is 7.69. The number of rotatable bonds is 2. The Morgan fingerprint density at radius 3 is 2.07 bits per heavy atom. The number of carbonyl (C=O) groups is 1. The van der Waals surface area contributed by atoms with E-state index in [4.69, 9.17) is 0 Å². The highest BCUT2D eigenvalue weighted by Crippen LogP contribution is 2.22. The standard InChI is InChI=1S/C11H13OPS/c1-11(2,3)9-6-4-8(5-7-9)10(12)13-14/h4-7H,1-3H3. The number of carbonyl (C=O) groups excluding carboxylic acids is 1. The molecule has 0 aliphatic rings. The van der Waals surface area contributed by atoms with Crippen molar-refractivity contribution in [3.05, 3.63) is 35.4 Å². The molecule has 0 radical (unpaired) electrons. The van der Waals surface area contributed by atoms with E-state index in [1.807, 2.05) is 24.3 Å². The van der Waals surface area contributed by atoms with Crippen LogP contribution >= 0.6 is 7.36 Å². The Labute approximate surface area is 91.4 Å². The summed E-state index contributed by atoms with van der Waals surface area (Å²) in [7, 11) is 0.386. The molecule has 0 atom stereocenters. The Hall–Kier alpha value is -0.590. The van der Waals surface area contributed by atoms with Gasteiger partial charge in [-0.05, 0) is 22.8 Å². The van der Waals surface area contributed by atoms with Gasteiger partial charge in [0.1, 0.15) is 0 Å². The van der Waals surface area contributed by atoms with Crippen LogP contribution in [0.3, 0.4) is 0 Å². The van der Waals surface area contributed by atoms with E-state index in [0.29, 0.717) is 12.9 Å². The van der Waals surface area contributed by atoms with Crippen LogP contribution in [0.25, 0.3) is 0 Å². The third-order valence-electron chi connectivity index (χ3n) is 2.08. The van der Waals surface area contributed by atoms with E-state index in [1.165, 1.54) is 5.56 Å². The molecule has 14 heavy (non-hydrogen) atoms. The molecule has 3 heteroatoms. The molecule has 0 aliphatic heterocycles. The summed E-state index contributed by atoms with van der Waals surface area (Å²) in [5.41, 5.74) is 2.07. The van der Waals surface area contributed by atoms with Gasteiger partial charge in [-0.15, -0.1) is 0 Å². The van der Waals surface area contributed by atoms with E-state index in [2.05, 4.69) is 32.6 Å². The summed E-state index contributed by atoms with van der Waals surface area (Å²) in [4.78, 5) is 11.3. The molecule has 1 aromatic carbocycles. The Morgan fingerprint density at radius 2 is 1.71 bits per heavy atom. The van der Waals surface area contributed by atoms with Gasteiger partial charge >= 0.3 is 0 Å². The molecule has 0 bridgehead atoms. The minimum Gasteiger partial charge on any atom is -0.283 e. The zero-order valence-electron chi connectivity index (χ0n) is 8.57. The van der Waals surface area contributed by atoms with E-state index in [1.54, 1.807) is 0 Å². The molecule has 1 rings (SSSR count). The molecule has 74 valence electrons. The van der Waals surface area contributed by atoms with E-state index >= 15 is 0 Å². The lowest BCUT2D eigenvalue weighted by Gasteiger charge is -2.18. The summed E-state index contributed by atoms with van der Waals surface area (Å²) >= 11 is 4.69. The second kappa shape index (κ2) is 4.29. The van der Waals surface area contributed by atoms with Gasteiger partial charge in [-0.25, -0.2) is 0 Å². The summed E-state index contributed by atoms with van der Waals surface area (Å²) in [6.45, 7) is 6.44. The van der Waals surface area contributed by atoms with E-state index in [0.717, 1.165) is 0 Å². The summed E-state index contributed by atoms with van der Waals surface area (Å²) < 4.78 is 0. The molecule has 0 saturated heterocycles. The van der Waals surface area contributed by atoms with Crippen molar-refractivity contribution in [1.82, 2.24) is 0 Å². The topological polar surface area (TPSA) is 17.1 Å². The summed E-state index contributed by atoms with van der Waals surface area (Å²) in [5.74, 6) is 0. The molecule has 0 unspecified atom stereocenters.